The Kier molecular flexibility index (Phi) is 6.56. The number of alkyl carbamates (subject to hydrolysis) is 1. The molecule has 0 heterocycles. The van der Waals surface area contributed by atoms with Gasteiger partial charge in [0.05, 0.1) is 11.1 Å². The van der Waals surface area contributed by atoms with Crippen molar-refractivity contribution >= 4 is 6.09 Å². The molecule has 0 saturated heterocycles. The number of fused-ring (bicyclic) bond motifs is 3. The Morgan fingerprint density at radius 1 is 0.971 bits per heavy atom. The molecular formula is C27H19F3N2O2. The maximum atomic E-state index is 12.8. The van der Waals surface area contributed by atoms with Gasteiger partial charge in [-0.2, -0.15) is 18.4 Å². The lowest BCUT2D eigenvalue weighted by atomic mass is 9.98. The molecule has 0 saturated carbocycles. The fraction of sp³-hybridized carbons (Fsp3) is 0.185. The molecule has 0 aliphatic heterocycles. The molecule has 0 aromatic heterocycles. The number of hydrogen-bond donors (Lipinski definition) is 1. The van der Waals surface area contributed by atoms with Crippen LogP contribution in [0.15, 0.2) is 66.7 Å². The Morgan fingerprint density at radius 2 is 1.62 bits per heavy atom. The summed E-state index contributed by atoms with van der Waals surface area (Å²) in [5.41, 5.74) is 3.68. The zero-order chi connectivity index (χ0) is 24.1. The fourth-order valence-corrected chi connectivity index (χ4v) is 3.96. The smallest absolute Gasteiger partial charge is 0.416 e. The van der Waals surface area contributed by atoms with Gasteiger partial charge >= 0.3 is 12.3 Å². The van der Waals surface area contributed by atoms with E-state index < -0.39 is 17.8 Å². The van der Waals surface area contributed by atoms with Gasteiger partial charge in [-0.15, -0.1) is 0 Å². The molecule has 0 spiro atoms. The highest BCUT2D eigenvalue weighted by Crippen LogP contribution is 2.44. The lowest BCUT2D eigenvalue weighted by Gasteiger charge is -2.14. The molecule has 3 aromatic carbocycles. The lowest BCUT2D eigenvalue weighted by molar-refractivity contribution is -0.137. The number of halogens is 3. The molecule has 0 atom stereocenters. The van der Waals surface area contributed by atoms with Gasteiger partial charge in [0.1, 0.15) is 12.7 Å². The first kappa shape index (κ1) is 22.9. The van der Waals surface area contributed by atoms with Gasteiger partial charge in [0.2, 0.25) is 0 Å². The zero-order valence-electron chi connectivity index (χ0n) is 17.9. The molecule has 4 rings (SSSR count). The number of nitrogens with zero attached hydrogens (tertiary/aromatic N) is 1. The van der Waals surface area contributed by atoms with E-state index in [0.29, 0.717) is 0 Å². The molecule has 0 fully saturated rings. The molecule has 0 radical (unpaired) electrons. The number of benzene rings is 3. The van der Waals surface area contributed by atoms with Crippen molar-refractivity contribution in [1.29, 1.82) is 5.26 Å². The molecule has 1 aliphatic rings. The van der Waals surface area contributed by atoms with Crippen LogP contribution in [0.25, 0.3) is 11.1 Å². The summed E-state index contributed by atoms with van der Waals surface area (Å²) in [7, 11) is 0. The van der Waals surface area contributed by atoms with Gasteiger partial charge in [0.25, 0.3) is 0 Å². The molecule has 0 unspecified atom stereocenters. The van der Waals surface area contributed by atoms with Gasteiger partial charge in [-0.25, -0.2) is 4.79 Å². The molecule has 1 amide bonds. The summed E-state index contributed by atoms with van der Waals surface area (Å²) in [6, 6.07) is 20.6. The average Bonchev–Trinajstić information content (AvgIpc) is 3.15. The zero-order valence-corrected chi connectivity index (χ0v) is 17.9. The lowest BCUT2D eigenvalue weighted by Crippen LogP contribution is -2.26. The van der Waals surface area contributed by atoms with Crippen molar-refractivity contribution in [3.05, 3.63) is 94.5 Å². The molecule has 7 heteroatoms. The minimum atomic E-state index is -4.52. The van der Waals surface area contributed by atoms with Crippen LogP contribution in [0, 0.1) is 23.2 Å². The van der Waals surface area contributed by atoms with E-state index in [1.807, 2.05) is 36.4 Å². The van der Waals surface area contributed by atoms with Crippen LogP contribution in [-0.2, 0) is 10.9 Å². The van der Waals surface area contributed by atoms with Gasteiger partial charge in [0.15, 0.2) is 0 Å². The van der Waals surface area contributed by atoms with Crippen molar-refractivity contribution in [2.45, 2.75) is 18.5 Å². The summed E-state index contributed by atoms with van der Waals surface area (Å²) in [4.78, 5) is 12.2. The van der Waals surface area contributed by atoms with Crippen molar-refractivity contribution in [2.24, 2.45) is 0 Å². The predicted molar refractivity (Wildman–Crippen MR) is 121 cm³/mol. The molecule has 1 N–H and O–H groups in total. The summed E-state index contributed by atoms with van der Waals surface area (Å²) < 4.78 is 43.8. The average molecular weight is 460 g/mol. The van der Waals surface area contributed by atoms with Gasteiger partial charge in [-0.1, -0.05) is 60.4 Å². The number of alkyl halides is 3. The minimum Gasteiger partial charge on any atom is -0.449 e. The second kappa shape index (κ2) is 9.72. The summed E-state index contributed by atoms with van der Waals surface area (Å²) in [5.74, 6) is 5.40. The number of rotatable bonds is 4. The van der Waals surface area contributed by atoms with Crippen LogP contribution in [0.4, 0.5) is 18.0 Å². The Hall–Kier alpha value is -4.23. The maximum absolute atomic E-state index is 12.8. The predicted octanol–water partition coefficient (Wildman–Crippen LogP) is 5.86. The molecule has 4 nitrogen and oxygen atoms in total. The Morgan fingerprint density at radius 3 is 2.24 bits per heavy atom. The highest BCUT2D eigenvalue weighted by Gasteiger charge is 2.31. The number of carbonyl (C=O) groups excluding carboxylic acids is 1. The standard InChI is InChI=1S/C27H19F3N2O2/c28-27(29,30)20-13-12-18(19(15-20)16-31)7-5-6-14-32-26(33)34-17-25-23-10-3-1-8-21(23)22-9-2-4-11-24(22)25/h1-4,8-13,15,25H,6,14,17H2,(H,32,33). The Bertz CT molecular complexity index is 1280. The SMILES string of the molecule is N#Cc1cc(C(F)(F)F)ccc1C#CCCNC(=O)OCC1c2ccccc2-c2ccccc21. The summed E-state index contributed by atoms with van der Waals surface area (Å²) in [6.45, 7) is 0.398. The first-order chi connectivity index (χ1) is 16.4. The summed E-state index contributed by atoms with van der Waals surface area (Å²) in [5, 5.41) is 11.7. The molecule has 1 aliphatic carbocycles. The quantitative estimate of drug-likeness (QED) is 0.392. The molecule has 0 bridgehead atoms. The number of hydrogen-bond acceptors (Lipinski definition) is 3. The number of ether oxygens (including phenoxy) is 1. The highest BCUT2D eigenvalue weighted by molar-refractivity contribution is 5.79. The fourth-order valence-electron chi connectivity index (χ4n) is 3.96. The van der Waals surface area contributed by atoms with Crippen LogP contribution in [0.5, 0.6) is 0 Å². The third-order valence-corrected chi connectivity index (χ3v) is 5.55. The van der Waals surface area contributed by atoms with Crippen LogP contribution in [0.3, 0.4) is 0 Å². The first-order valence-electron chi connectivity index (χ1n) is 10.6. The molecule has 170 valence electrons. The van der Waals surface area contributed by atoms with E-state index in [1.54, 1.807) is 6.07 Å². The van der Waals surface area contributed by atoms with Crippen molar-refractivity contribution in [3.8, 4) is 29.0 Å². The van der Waals surface area contributed by atoms with Crippen LogP contribution in [0.1, 0.15) is 40.2 Å². The first-order valence-corrected chi connectivity index (χ1v) is 10.6. The number of nitrogens with one attached hydrogen (secondary N) is 1. The van der Waals surface area contributed by atoms with E-state index in [9.17, 15) is 18.0 Å². The highest BCUT2D eigenvalue weighted by atomic mass is 19.4. The van der Waals surface area contributed by atoms with Gasteiger partial charge in [0, 0.05) is 24.4 Å². The van der Waals surface area contributed by atoms with Crippen molar-refractivity contribution in [2.75, 3.05) is 13.2 Å². The normalized spacial score (nSPS) is 12.1. The second-order valence-electron chi connectivity index (χ2n) is 7.67. The monoisotopic (exact) mass is 460 g/mol. The van der Waals surface area contributed by atoms with E-state index in [4.69, 9.17) is 10.00 Å². The molecule has 34 heavy (non-hydrogen) atoms. The molecule has 3 aromatic rings. The van der Waals surface area contributed by atoms with Crippen molar-refractivity contribution in [1.82, 2.24) is 5.32 Å². The van der Waals surface area contributed by atoms with Gasteiger partial charge in [-0.3, -0.25) is 0 Å². The number of amides is 1. The minimum absolute atomic E-state index is 0.0398. The third-order valence-electron chi connectivity index (χ3n) is 5.55. The van der Waals surface area contributed by atoms with E-state index in [1.165, 1.54) is 6.07 Å². The van der Waals surface area contributed by atoms with Crippen molar-refractivity contribution in [3.63, 3.8) is 0 Å². The Labute approximate surface area is 195 Å². The second-order valence-corrected chi connectivity index (χ2v) is 7.67. The number of carbonyl (C=O) groups is 1. The van der Waals surface area contributed by atoms with Gasteiger partial charge in [-0.05, 0) is 40.5 Å². The van der Waals surface area contributed by atoms with Crippen LogP contribution in [0.2, 0.25) is 0 Å². The van der Waals surface area contributed by atoms with Gasteiger partial charge < -0.3 is 10.1 Å². The van der Waals surface area contributed by atoms with E-state index in [2.05, 4.69) is 29.3 Å². The van der Waals surface area contributed by atoms with E-state index >= 15 is 0 Å². The number of nitriles is 1. The summed E-state index contributed by atoms with van der Waals surface area (Å²) in [6.07, 6.45) is -4.85. The Balaban J connectivity index is 1.30. The third kappa shape index (κ3) is 4.89. The van der Waals surface area contributed by atoms with Crippen LogP contribution in [-0.4, -0.2) is 19.2 Å². The van der Waals surface area contributed by atoms with E-state index in [-0.39, 0.29) is 36.6 Å². The van der Waals surface area contributed by atoms with Crippen LogP contribution < -0.4 is 5.32 Å². The van der Waals surface area contributed by atoms with Crippen molar-refractivity contribution < 1.29 is 22.7 Å². The molecular weight excluding hydrogens is 441 g/mol. The largest absolute Gasteiger partial charge is 0.449 e. The van der Waals surface area contributed by atoms with Crippen LogP contribution >= 0.6 is 0 Å². The van der Waals surface area contributed by atoms with E-state index in [0.717, 1.165) is 34.4 Å². The maximum Gasteiger partial charge on any atom is 0.416 e. The summed E-state index contributed by atoms with van der Waals surface area (Å²) >= 11 is 0. The topological polar surface area (TPSA) is 62.1 Å².